The molecule has 0 bridgehead atoms. The van der Waals surface area contributed by atoms with Gasteiger partial charge in [0.05, 0.1) is 19.2 Å². The minimum Gasteiger partial charge on any atom is -0.467 e. The van der Waals surface area contributed by atoms with Crippen molar-refractivity contribution in [2.75, 3.05) is 7.11 Å². The van der Waals surface area contributed by atoms with Gasteiger partial charge >= 0.3 is 5.97 Å². The van der Waals surface area contributed by atoms with Gasteiger partial charge in [-0.15, -0.1) is 0 Å². The standard InChI is InChI=1S/C23H26Cl2N2O3/c1-14(2)26-21(15-7-9-17(24)10-8-15)22(16-5-4-6-18(25)13-16)27-19(23(29)30-3)11-12-20(27)28/h4-10,13-14,19,21-22,26H,11-12H2,1-3H3/t19-,21+,22-/m0/s1. The molecule has 1 aliphatic heterocycles. The van der Waals surface area contributed by atoms with Crippen LogP contribution >= 0.6 is 23.2 Å². The Bertz CT molecular complexity index is 902. The highest BCUT2D eigenvalue weighted by molar-refractivity contribution is 6.30. The minimum atomic E-state index is -0.643. The zero-order valence-corrected chi connectivity index (χ0v) is 18.8. The molecule has 1 fully saturated rings. The number of rotatable bonds is 7. The van der Waals surface area contributed by atoms with E-state index in [1.54, 1.807) is 11.0 Å². The molecule has 2 aromatic carbocycles. The fourth-order valence-corrected chi connectivity index (χ4v) is 4.35. The van der Waals surface area contributed by atoms with Crippen molar-refractivity contribution in [2.24, 2.45) is 0 Å². The summed E-state index contributed by atoms with van der Waals surface area (Å²) in [6.45, 7) is 4.09. The number of amides is 1. The summed E-state index contributed by atoms with van der Waals surface area (Å²) in [6, 6.07) is 13.7. The van der Waals surface area contributed by atoms with Crippen molar-refractivity contribution < 1.29 is 14.3 Å². The summed E-state index contributed by atoms with van der Waals surface area (Å²) >= 11 is 12.4. The Morgan fingerprint density at radius 2 is 1.80 bits per heavy atom. The van der Waals surface area contributed by atoms with Crippen molar-refractivity contribution in [3.05, 3.63) is 69.7 Å². The monoisotopic (exact) mass is 448 g/mol. The maximum atomic E-state index is 13.0. The summed E-state index contributed by atoms with van der Waals surface area (Å²) in [7, 11) is 1.35. The van der Waals surface area contributed by atoms with Gasteiger partial charge in [-0.1, -0.05) is 61.3 Å². The molecular weight excluding hydrogens is 423 g/mol. The number of halogens is 2. The Morgan fingerprint density at radius 1 is 1.10 bits per heavy atom. The molecule has 3 atom stereocenters. The average molecular weight is 449 g/mol. The highest BCUT2D eigenvalue weighted by Crippen LogP contribution is 2.40. The molecule has 0 saturated carbocycles. The van der Waals surface area contributed by atoms with Crippen LogP contribution in [0.3, 0.4) is 0 Å². The lowest BCUT2D eigenvalue weighted by molar-refractivity contribution is -0.151. The van der Waals surface area contributed by atoms with Crippen LogP contribution < -0.4 is 5.32 Å². The van der Waals surface area contributed by atoms with Crippen molar-refractivity contribution >= 4 is 35.1 Å². The third-order valence-corrected chi connectivity index (χ3v) is 5.76. The quantitative estimate of drug-likeness (QED) is 0.609. The van der Waals surface area contributed by atoms with Crippen LogP contribution in [0.2, 0.25) is 10.0 Å². The molecule has 2 aromatic rings. The number of hydrogen-bond acceptors (Lipinski definition) is 4. The highest BCUT2D eigenvalue weighted by Gasteiger charge is 2.44. The van der Waals surface area contributed by atoms with Crippen LogP contribution in [0.25, 0.3) is 0 Å². The van der Waals surface area contributed by atoms with E-state index in [-0.39, 0.29) is 18.0 Å². The van der Waals surface area contributed by atoms with Crippen molar-refractivity contribution in [1.82, 2.24) is 10.2 Å². The van der Waals surface area contributed by atoms with Gasteiger partial charge in [0, 0.05) is 22.5 Å². The van der Waals surface area contributed by atoms with E-state index in [1.807, 2.05) is 56.3 Å². The zero-order valence-electron chi connectivity index (χ0n) is 17.3. The van der Waals surface area contributed by atoms with E-state index in [0.717, 1.165) is 11.1 Å². The molecule has 1 aliphatic rings. The predicted octanol–water partition coefficient (Wildman–Crippen LogP) is 4.94. The minimum absolute atomic E-state index is 0.0834. The molecule has 1 heterocycles. The normalized spacial score (nSPS) is 18.5. The first-order valence-electron chi connectivity index (χ1n) is 9.97. The largest absolute Gasteiger partial charge is 0.467 e. The summed E-state index contributed by atoms with van der Waals surface area (Å²) in [5.41, 5.74) is 1.81. The fourth-order valence-electron chi connectivity index (χ4n) is 4.02. The lowest BCUT2D eigenvalue weighted by Gasteiger charge is -2.39. The molecule has 1 N–H and O–H groups in total. The van der Waals surface area contributed by atoms with Crippen molar-refractivity contribution in [1.29, 1.82) is 0 Å². The number of esters is 1. The fraction of sp³-hybridized carbons (Fsp3) is 0.391. The number of carbonyl (C=O) groups excluding carboxylic acids is 2. The van der Waals surface area contributed by atoms with Crippen LogP contribution in [0.5, 0.6) is 0 Å². The molecule has 1 saturated heterocycles. The lowest BCUT2D eigenvalue weighted by atomic mass is 9.90. The second-order valence-electron chi connectivity index (χ2n) is 7.73. The molecule has 5 nitrogen and oxygen atoms in total. The number of nitrogens with one attached hydrogen (secondary N) is 1. The van der Waals surface area contributed by atoms with Gasteiger partial charge in [-0.3, -0.25) is 4.79 Å². The predicted molar refractivity (Wildman–Crippen MR) is 119 cm³/mol. The zero-order chi connectivity index (χ0) is 21.8. The van der Waals surface area contributed by atoms with Crippen molar-refractivity contribution in [2.45, 2.75) is 50.9 Å². The topological polar surface area (TPSA) is 58.6 Å². The van der Waals surface area contributed by atoms with Gasteiger partial charge in [-0.05, 0) is 41.8 Å². The Balaban J connectivity index is 2.16. The van der Waals surface area contributed by atoms with E-state index < -0.39 is 18.1 Å². The Morgan fingerprint density at radius 3 is 2.40 bits per heavy atom. The lowest BCUT2D eigenvalue weighted by Crippen LogP contribution is -2.47. The number of nitrogens with zero attached hydrogens (tertiary/aromatic N) is 1. The van der Waals surface area contributed by atoms with E-state index in [9.17, 15) is 9.59 Å². The van der Waals surface area contributed by atoms with Crippen molar-refractivity contribution in [3.8, 4) is 0 Å². The SMILES string of the molecule is COC(=O)[C@@H]1CCC(=O)N1[C@@H](c1cccc(Cl)c1)[C@H](NC(C)C)c1ccc(Cl)cc1. The Hall–Kier alpha value is -2.08. The molecule has 0 unspecified atom stereocenters. The van der Waals surface area contributed by atoms with Crippen LogP contribution in [0.4, 0.5) is 0 Å². The maximum Gasteiger partial charge on any atom is 0.328 e. The third-order valence-electron chi connectivity index (χ3n) is 5.28. The van der Waals surface area contributed by atoms with E-state index in [4.69, 9.17) is 27.9 Å². The van der Waals surface area contributed by atoms with E-state index >= 15 is 0 Å². The summed E-state index contributed by atoms with van der Waals surface area (Å²) in [4.78, 5) is 27.2. The second-order valence-corrected chi connectivity index (χ2v) is 8.60. The van der Waals surface area contributed by atoms with Crippen LogP contribution in [0, 0.1) is 0 Å². The number of methoxy groups -OCH3 is 1. The summed E-state index contributed by atoms with van der Waals surface area (Å²) < 4.78 is 5.01. The van der Waals surface area contributed by atoms with Crippen LogP contribution in [-0.4, -0.2) is 36.0 Å². The molecule has 160 valence electrons. The molecule has 30 heavy (non-hydrogen) atoms. The Kier molecular flexibility index (Phi) is 7.40. The van der Waals surface area contributed by atoms with E-state index in [2.05, 4.69) is 5.32 Å². The third kappa shape index (κ3) is 4.97. The van der Waals surface area contributed by atoms with Gasteiger partial charge in [0.15, 0.2) is 0 Å². The Labute approximate surface area is 187 Å². The molecule has 0 aromatic heterocycles. The molecular formula is C23H26Cl2N2O3. The first-order chi connectivity index (χ1) is 14.3. The van der Waals surface area contributed by atoms with Crippen molar-refractivity contribution in [3.63, 3.8) is 0 Å². The van der Waals surface area contributed by atoms with Gasteiger partial charge in [-0.2, -0.15) is 0 Å². The van der Waals surface area contributed by atoms with Crippen LogP contribution in [-0.2, 0) is 14.3 Å². The average Bonchev–Trinajstić information content (AvgIpc) is 3.08. The van der Waals surface area contributed by atoms with E-state index in [0.29, 0.717) is 22.9 Å². The van der Waals surface area contributed by atoms with E-state index in [1.165, 1.54) is 7.11 Å². The molecule has 0 radical (unpaired) electrons. The molecule has 1 amide bonds. The molecule has 3 rings (SSSR count). The summed E-state index contributed by atoms with van der Waals surface area (Å²) in [6.07, 6.45) is 0.726. The number of likely N-dealkylation sites (tertiary alicyclic amines) is 1. The number of carbonyl (C=O) groups is 2. The summed E-state index contributed by atoms with van der Waals surface area (Å²) in [5, 5.41) is 4.77. The molecule has 0 spiro atoms. The summed E-state index contributed by atoms with van der Waals surface area (Å²) in [5.74, 6) is -0.493. The van der Waals surface area contributed by atoms with Gasteiger partial charge < -0.3 is 15.0 Å². The molecule has 7 heteroatoms. The molecule has 0 aliphatic carbocycles. The van der Waals surface area contributed by atoms with Gasteiger partial charge in [0.1, 0.15) is 6.04 Å². The number of ether oxygens (including phenoxy) is 1. The van der Waals surface area contributed by atoms with Gasteiger partial charge in [-0.25, -0.2) is 4.79 Å². The van der Waals surface area contributed by atoms with Gasteiger partial charge in [0.2, 0.25) is 5.91 Å². The van der Waals surface area contributed by atoms with Crippen LogP contribution in [0.15, 0.2) is 48.5 Å². The number of hydrogen-bond donors (Lipinski definition) is 1. The smallest absolute Gasteiger partial charge is 0.328 e. The second kappa shape index (κ2) is 9.82. The number of benzene rings is 2. The van der Waals surface area contributed by atoms with Crippen LogP contribution in [0.1, 0.15) is 49.9 Å². The first kappa shape index (κ1) is 22.6. The maximum absolute atomic E-state index is 13.0. The first-order valence-corrected chi connectivity index (χ1v) is 10.7. The highest BCUT2D eigenvalue weighted by atomic mass is 35.5. The van der Waals surface area contributed by atoms with Gasteiger partial charge in [0.25, 0.3) is 0 Å².